The van der Waals surface area contributed by atoms with E-state index in [1.807, 2.05) is 25.1 Å². The third-order valence-electron chi connectivity index (χ3n) is 2.59. The summed E-state index contributed by atoms with van der Waals surface area (Å²) in [6.45, 7) is 3.71. The van der Waals surface area contributed by atoms with E-state index in [0.29, 0.717) is 23.6 Å². The molecule has 0 radical (unpaired) electrons. The highest BCUT2D eigenvalue weighted by atomic mass is 16.5. The summed E-state index contributed by atoms with van der Waals surface area (Å²) in [7, 11) is 0. The average Bonchev–Trinajstić information content (AvgIpc) is 2.45. The van der Waals surface area contributed by atoms with Gasteiger partial charge in [-0.1, -0.05) is 16.8 Å². The van der Waals surface area contributed by atoms with E-state index in [2.05, 4.69) is 10.5 Å². The Morgan fingerprint density at radius 3 is 2.95 bits per heavy atom. The van der Waals surface area contributed by atoms with E-state index >= 15 is 0 Å². The first kappa shape index (κ1) is 15.5. The van der Waals surface area contributed by atoms with Gasteiger partial charge >= 0.3 is 0 Å². The van der Waals surface area contributed by atoms with Crippen molar-refractivity contribution >= 4 is 11.6 Å². The SMILES string of the molecule is C/C(=N\O)c1cc(C)ccc1OCC(=O)NCCC#N. The number of nitrogens with zero attached hydrogens (tertiary/aromatic N) is 2. The molecule has 1 rings (SSSR count). The fraction of sp³-hybridized carbons (Fsp3) is 0.357. The molecule has 0 heterocycles. The summed E-state index contributed by atoms with van der Waals surface area (Å²) < 4.78 is 5.42. The highest BCUT2D eigenvalue weighted by Gasteiger charge is 2.10. The lowest BCUT2D eigenvalue weighted by molar-refractivity contribution is -0.123. The molecule has 0 unspecified atom stereocenters. The van der Waals surface area contributed by atoms with Gasteiger partial charge in [0.1, 0.15) is 5.75 Å². The molecule has 0 spiro atoms. The summed E-state index contributed by atoms with van der Waals surface area (Å²) in [4.78, 5) is 11.5. The van der Waals surface area contributed by atoms with Crippen molar-refractivity contribution in [3.8, 4) is 11.8 Å². The fourth-order valence-electron chi connectivity index (χ4n) is 1.56. The van der Waals surface area contributed by atoms with Gasteiger partial charge in [-0.25, -0.2) is 0 Å². The molecule has 1 aromatic rings. The van der Waals surface area contributed by atoms with Crippen LogP contribution in [0.5, 0.6) is 5.75 Å². The first-order chi connectivity index (χ1) is 9.58. The summed E-state index contributed by atoms with van der Waals surface area (Å²) in [6, 6.07) is 7.32. The van der Waals surface area contributed by atoms with Gasteiger partial charge in [0.15, 0.2) is 6.61 Å². The summed E-state index contributed by atoms with van der Waals surface area (Å²) in [5, 5.41) is 22.9. The fourth-order valence-corrected chi connectivity index (χ4v) is 1.56. The minimum absolute atomic E-state index is 0.153. The Hall–Kier alpha value is -2.55. The van der Waals surface area contributed by atoms with Crippen LogP contribution in [0.25, 0.3) is 0 Å². The van der Waals surface area contributed by atoms with E-state index in [4.69, 9.17) is 15.2 Å². The standard InChI is InChI=1S/C14H17N3O3/c1-10-4-5-13(12(8-10)11(2)17-19)20-9-14(18)16-7-3-6-15/h4-5,8,19H,3,7,9H2,1-2H3,(H,16,18)/b17-11+. The number of rotatable bonds is 6. The van der Waals surface area contributed by atoms with Crippen LogP contribution in [0.1, 0.15) is 24.5 Å². The number of benzene rings is 1. The van der Waals surface area contributed by atoms with E-state index in [1.165, 1.54) is 0 Å². The molecule has 1 amide bonds. The molecule has 6 nitrogen and oxygen atoms in total. The Morgan fingerprint density at radius 1 is 1.55 bits per heavy atom. The molecule has 0 saturated carbocycles. The second-order valence-electron chi connectivity index (χ2n) is 4.23. The smallest absolute Gasteiger partial charge is 0.257 e. The largest absolute Gasteiger partial charge is 0.483 e. The van der Waals surface area contributed by atoms with Crippen LogP contribution in [0.4, 0.5) is 0 Å². The molecular formula is C14H17N3O3. The Bertz CT molecular complexity index is 547. The summed E-state index contributed by atoms with van der Waals surface area (Å²) >= 11 is 0. The minimum atomic E-state index is -0.301. The number of oxime groups is 1. The van der Waals surface area contributed by atoms with E-state index in [9.17, 15) is 4.79 Å². The lowest BCUT2D eigenvalue weighted by Gasteiger charge is -2.11. The summed E-state index contributed by atoms with van der Waals surface area (Å²) in [5.41, 5.74) is 2.04. The van der Waals surface area contributed by atoms with Gasteiger partial charge in [-0.3, -0.25) is 4.79 Å². The third kappa shape index (κ3) is 4.61. The zero-order valence-electron chi connectivity index (χ0n) is 11.5. The van der Waals surface area contributed by atoms with Crippen LogP contribution in [0.2, 0.25) is 0 Å². The van der Waals surface area contributed by atoms with E-state index in [-0.39, 0.29) is 18.9 Å². The van der Waals surface area contributed by atoms with Gasteiger partial charge in [0.05, 0.1) is 18.2 Å². The van der Waals surface area contributed by atoms with Crippen LogP contribution in [0.15, 0.2) is 23.4 Å². The van der Waals surface area contributed by atoms with Crippen LogP contribution >= 0.6 is 0 Å². The molecule has 0 saturated heterocycles. The van der Waals surface area contributed by atoms with Crippen LogP contribution < -0.4 is 10.1 Å². The van der Waals surface area contributed by atoms with E-state index < -0.39 is 0 Å². The van der Waals surface area contributed by atoms with Crippen molar-refractivity contribution in [1.82, 2.24) is 5.32 Å². The van der Waals surface area contributed by atoms with Crippen molar-refractivity contribution < 1.29 is 14.7 Å². The lowest BCUT2D eigenvalue weighted by atomic mass is 10.1. The third-order valence-corrected chi connectivity index (χ3v) is 2.59. The first-order valence-electron chi connectivity index (χ1n) is 6.14. The summed E-state index contributed by atoms with van der Waals surface area (Å²) in [5.74, 6) is 0.173. The molecule has 106 valence electrons. The highest BCUT2D eigenvalue weighted by molar-refractivity contribution is 6.01. The second kappa shape index (κ2) is 7.79. The molecule has 0 aliphatic rings. The Labute approximate surface area is 117 Å². The topological polar surface area (TPSA) is 94.7 Å². The van der Waals surface area contributed by atoms with Crippen molar-refractivity contribution in [2.45, 2.75) is 20.3 Å². The van der Waals surface area contributed by atoms with Crippen molar-refractivity contribution in [3.05, 3.63) is 29.3 Å². The van der Waals surface area contributed by atoms with Gasteiger partial charge < -0.3 is 15.3 Å². The predicted molar refractivity (Wildman–Crippen MR) is 73.9 cm³/mol. The molecule has 2 N–H and O–H groups in total. The highest BCUT2D eigenvalue weighted by Crippen LogP contribution is 2.20. The molecule has 0 aromatic heterocycles. The van der Waals surface area contributed by atoms with Gasteiger partial charge in [0.2, 0.25) is 0 Å². The molecule has 0 atom stereocenters. The first-order valence-corrected chi connectivity index (χ1v) is 6.14. The maximum Gasteiger partial charge on any atom is 0.257 e. The van der Waals surface area contributed by atoms with Crippen LogP contribution in [0, 0.1) is 18.3 Å². The zero-order chi connectivity index (χ0) is 15.0. The molecule has 20 heavy (non-hydrogen) atoms. The number of hydrogen-bond donors (Lipinski definition) is 2. The van der Waals surface area contributed by atoms with Gasteiger partial charge in [-0.15, -0.1) is 0 Å². The number of nitriles is 1. The molecule has 0 aliphatic heterocycles. The maximum absolute atomic E-state index is 11.5. The second-order valence-corrected chi connectivity index (χ2v) is 4.23. The minimum Gasteiger partial charge on any atom is -0.483 e. The number of carbonyl (C=O) groups is 1. The van der Waals surface area contributed by atoms with E-state index in [1.54, 1.807) is 13.0 Å². The number of hydrogen-bond acceptors (Lipinski definition) is 5. The van der Waals surface area contributed by atoms with Crippen LogP contribution in [0.3, 0.4) is 0 Å². The van der Waals surface area contributed by atoms with E-state index in [0.717, 1.165) is 5.56 Å². The van der Waals surface area contributed by atoms with Gasteiger partial charge in [-0.2, -0.15) is 5.26 Å². The van der Waals surface area contributed by atoms with Crippen molar-refractivity contribution in [3.63, 3.8) is 0 Å². The Morgan fingerprint density at radius 2 is 2.30 bits per heavy atom. The Kier molecular flexibility index (Phi) is 6.04. The maximum atomic E-state index is 11.5. The quantitative estimate of drug-likeness (QED) is 0.357. The van der Waals surface area contributed by atoms with Crippen molar-refractivity contribution in [2.24, 2.45) is 5.16 Å². The van der Waals surface area contributed by atoms with Crippen LogP contribution in [-0.2, 0) is 4.79 Å². The normalized spacial score (nSPS) is 10.8. The average molecular weight is 275 g/mol. The van der Waals surface area contributed by atoms with Gasteiger partial charge in [0, 0.05) is 12.1 Å². The molecule has 1 aromatic carbocycles. The Balaban J connectivity index is 2.69. The number of nitrogens with one attached hydrogen (secondary N) is 1. The zero-order valence-corrected chi connectivity index (χ0v) is 11.5. The number of amides is 1. The molecule has 6 heteroatoms. The predicted octanol–water partition coefficient (Wildman–Crippen LogP) is 1.60. The van der Waals surface area contributed by atoms with Gasteiger partial charge in [0.25, 0.3) is 5.91 Å². The monoisotopic (exact) mass is 275 g/mol. The number of aryl methyl sites for hydroxylation is 1. The number of carbonyl (C=O) groups excluding carboxylic acids is 1. The molecule has 0 fully saturated rings. The molecular weight excluding hydrogens is 258 g/mol. The lowest BCUT2D eigenvalue weighted by Crippen LogP contribution is -2.29. The van der Waals surface area contributed by atoms with Crippen LogP contribution in [-0.4, -0.2) is 30.0 Å². The number of ether oxygens (including phenoxy) is 1. The van der Waals surface area contributed by atoms with Crippen molar-refractivity contribution in [1.29, 1.82) is 5.26 Å². The summed E-state index contributed by atoms with van der Waals surface area (Å²) in [6.07, 6.45) is 0.262. The van der Waals surface area contributed by atoms with Crippen molar-refractivity contribution in [2.75, 3.05) is 13.2 Å². The van der Waals surface area contributed by atoms with Gasteiger partial charge in [-0.05, 0) is 26.0 Å². The molecule has 0 bridgehead atoms. The molecule has 0 aliphatic carbocycles.